The highest BCUT2D eigenvalue weighted by atomic mass is 28.3. The van der Waals surface area contributed by atoms with Crippen LogP contribution in [0.2, 0.25) is 25.7 Å². The van der Waals surface area contributed by atoms with Gasteiger partial charge in [-0.05, 0) is 29.2 Å². The van der Waals surface area contributed by atoms with E-state index in [1.165, 1.54) is 0 Å². The van der Waals surface area contributed by atoms with Crippen molar-refractivity contribution in [2.45, 2.75) is 64.6 Å². The van der Waals surface area contributed by atoms with Gasteiger partial charge in [-0.1, -0.05) is 82.0 Å². The molecule has 204 valence electrons. The number of ether oxygens (including phenoxy) is 2. The summed E-state index contributed by atoms with van der Waals surface area (Å²) in [5.74, 6) is -1.25. The third-order valence-corrected chi connectivity index (χ3v) is 7.94. The molecule has 0 saturated heterocycles. The number of alkyl carbamates (subject to hydrolysis) is 1. The van der Waals surface area contributed by atoms with Gasteiger partial charge in [0, 0.05) is 31.6 Å². The average molecular weight is 538 g/mol. The summed E-state index contributed by atoms with van der Waals surface area (Å²) in [6.45, 7) is 10.7. The first-order valence-electron chi connectivity index (χ1n) is 13.0. The average Bonchev–Trinajstić information content (AvgIpc) is 3.28. The van der Waals surface area contributed by atoms with Crippen LogP contribution in [0.4, 0.5) is 4.79 Å². The standard InChI is InChI=1S/C29H39N3O5Si/c1-20(2)26(32-29(35)36-15-16-38(3,4)5)27(33)31-25(28(34)37-19-21-11-7-6-8-12-21)17-22-18-30-24-14-10-9-13-23(22)24/h6-14,18,20,25-26,30H,15-17,19H2,1-5H3,(H,31,33)(H,32,35)/t25-,26-/m0/s1. The lowest BCUT2D eigenvalue weighted by Crippen LogP contribution is -2.54. The summed E-state index contributed by atoms with van der Waals surface area (Å²) < 4.78 is 10.9. The smallest absolute Gasteiger partial charge is 0.407 e. The molecule has 3 rings (SSSR count). The molecule has 2 amide bonds. The molecule has 0 aliphatic heterocycles. The van der Waals surface area contributed by atoms with Crippen LogP contribution in [0.25, 0.3) is 10.9 Å². The van der Waals surface area contributed by atoms with E-state index in [1.807, 2.05) is 74.6 Å². The van der Waals surface area contributed by atoms with Crippen LogP contribution < -0.4 is 10.6 Å². The van der Waals surface area contributed by atoms with E-state index in [0.717, 1.165) is 28.1 Å². The van der Waals surface area contributed by atoms with E-state index in [0.29, 0.717) is 6.61 Å². The third kappa shape index (κ3) is 8.76. The third-order valence-electron chi connectivity index (χ3n) is 6.23. The molecule has 2 atom stereocenters. The van der Waals surface area contributed by atoms with Crippen molar-refractivity contribution in [2.24, 2.45) is 5.92 Å². The first-order chi connectivity index (χ1) is 18.0. The molecular formula is C29H39N3O5Si. The van der Waals surface area contributed by atoms with E-state index in [-0.39, 0.29) is 18.9 Å². The molecule has 8 nitrogen and oxygen atoms in total. The molecule has 9 heteroatoms. The number of fused-ring (bicyclic) bond motifs is 1. The number of nitrogens with one attached hydrogen (secondary N) is 3. The summed E-state index contributed by atoms with van der Waals surface area (Å²) in [4.78, 5) is 42.2. The molecule has 0 spiro atoms. The molecule has 38 heavy (non-hydrogen) atoms. The Bertz CT molecular complexity index is 1220. The van der Waals surface area contributed by atoms with Crippen molar-refractivity contribution >= 4 is 36.9 Å². The fourth-order valence-corrected chi connectivity index (χ4v) is 4.67. The topological polar surface area (TPSA) is 110 Å². The Kier molecular flexibility index (Phi) is 10.1. The lowest BCUT2D eigenvalue weighted by molar-refractivity contribution is -0.149. The number of para-hydroxylation sites is 1. The van der Waals surface area contributed by atoms with Gasteiger partial charge in [0.05, 0.1) is 6.61 Å². The Morgan fingerprint density at radius 2 is 1.61 bits per heavy atom. The lowest BCUT2D eigenvalue weighted by Gasteiger charge is -2.25. The number of amides is 2. The zero-order chi connectivity index (χ0) is 27.7. The normalized spacial score (nSPS) is 13.1. The van der Waals surface area contributed by atoms with E-state index in [9.17, 15) is 14.4 Å². The molecule has 0 bridgehead atoms. The van der Waals surface area contributed by atoms with Crippen molar-refractivity contribution in [1.29, 1.82) is 0 Å². The van der Waals surface area contributed by atoms with Gasteiger partial charge in [-0.3, -0.25) is 4.79 Å². The van der Waals surface area contributed by atoms with Crippen LogP contribution in [-0.4, -0.2) is 49.7 Å². The van der Waals surface area contributed by atoms with Gasteiger partial charge in [-0.25, -0.2) is 9.59 Å². The van der Waals surface area contributed by atoms with Crippen molar-refractivity contribution in [3.63, 3.8) is 0 Å². The highest BCUT2D eigenvalue weighted by molar-refractivity contribution is 6.76. The number of carbonyl (C=O) groups excluding carboxylic acids is 3. The summed E-state index contributed by atoms with van der Waals surface area (Å²) in [6.07, 6.45) is 1.42. The van der Waals surface area contributed by atoms with Crippen LogP contribution in [0, 0.1) is 5.92 Å². The number of rotatable bonds is 12. The fraction of sp³-hybridized carbons (Fsp3) is 0.414. The quantitative estimate of drug-likeness (QED) is 0.222. The monoisotopic (exact) mass is 537 g/mol. The van der Waals surface area contributed by atoms with Gasteiger partial charge in [0.2, 0.25) is 5.91 Å². The molecule has 0 fully saturated rings. The second-order valence-electron chi connectivity index (χ2n) is 11.0. The van der Waals surface area contributed by atoms with Crippen LogP contribution >= 0.6 is 0 Å². The van der Waals surface area contributed by atoms with E-state index < -0.39 is 38.1 Å². The SMILES string of the molecule is CC(C)[C@H](NC(=O)OCC[Si](C)(C)C)C(=O)N[C@@H](Cc1c[nH]c2ccccc12)C(=O)OCc1ccccc1. The van der Waals surface area contributed by atoms with Crippen molar-refractivity contribution in [3.8, 4) is 0 Å². The van der Waals surface area contributed by atoms with Crippen LogP contribution in [0.1, 0.15) is 25.0 Å². The maximum absolute atomic E-state index is 13.3. The second kappa shape index (κ2) is 13.3. The number of aromatic amines is 1. The molecule has 0 aliphatic rings. The second-order valence-corrected chi connectivity index (χ2v) is 16.7. The van der Waals surface area contributed by atoms with Crippen molar-refractivity contribution in [1.82, 2.24) is 15.6 Å². The zero-order valence-corrected chi connectivity index (χ0v) is 23.9. The van der Waals surface area contributed by atoms with E-state index in [2.05, 4.69) is 35.3 Å². The number of carbonyl (C=O) groups is 3. The highest BCUT2D eigenvalue weighted by Gasteiger charge is 2.31. The molecule has 1 heterocycles. The molecule has 3 N–H and O–H groups in total. The van der Waals surface area contributed by atoms with Crippen molar-refractivity contribution in [2.75, 3.05) is 6.61 Å². The van der Waals surface area contributed by atoms with Gasteiger partial charge in [0.1, 0.15) is 18.7 Å². The Morgan fingerprint density at radius 1 is 0.921 bits per heavy atom. The van der Waals surface area contributed by atoms with E-state index in [4.69, 9.17) is 9.47 Å². The summed E-state index contributed by atoms with van der Waals surface area (Å²) >= 11 is 0. The summed E-state index contributed by atoms with van der Waals surface area (Å²) in [7, 11) is -1.36. The largest absolute Gasteiger partial charge is 0.459 e. The number of aromatic nitrogens is 1. The zero-order valence-electron chi connectivity index (χ0n) is 22.9. The minimum atomic E-state index is -1.36. The van der Waals surface area contributed by atoms with Crippen LogP contribution in [-0.2, 0) is 32.1 Å². The first-order valence-corrected chi connectivity index (χ1v) is 16.7. The molecule has 2 aromatic carbocycles. The van der Waals surface area contributed by atoms with Gasteiger partial charge in [0.25, 0.3) is 0 Å². The molecule has 0 radical (unpaired) electrons. The first kappa shape index (κ1) is 29.0. The predicted octanol–water partition coefficient (Wildman–Crippen LogP) is 5.03. The molecular weight excluding hydrogens is 498 g/mol. The van der Waals surface area contributed by atoms with Crippen molar-refractivity contribution < 1.29 is 23.9 Å². The Balaban J connectivity index is 1.72. The summed E-state index contributed by atoms with van der Waals surface area (Å²) in [5.41, 5.74) is 2.66. The van der Waals surface area contributed by atoms with Gasteiger partial charge >= 0.3 is 12.1 Å². The van der Waals surface area contributed by atoms with E-state index >= 15 is 0 Å². The van der Waals surface area contributed by atoms with Crippen LogP contribution in [0.3, 0.4) is 0 Å². The highest BCUT2D eigenvalue weighted by Crippen LogP contribution is 2.20. The number of esters is 1. The van der Waals surface area contributed by atoms with Crippen LogP contribution in [0.5, 0.6) is 0 Å². The van der Waals surface area contributed by atoms with Gasteiger partial charge < -0.3 is 25.1 Å². The molecule has 3 aromatic rings. The minimum absolute atomic E-state index is 0.0925. The number of H-pyrrole nitrogens is 1. The molecule has 0 unspecified atom stereocenters. The fourth-order valence-electron chi connectivity index (χ4n) is 3.96. The Labute approximate surface area is 225 Å². The molecule has 0 aliphatic carbocycles. The molecule has 1 aromatic heterocycles. The molecule has 0 saturated carbocycles. The predicted molar refractivity (Wildman–Crippen MR) is 151 cm³/mol. The van der Waals surface area contributed by atoms with Gasteiger partial charge in [-0.15, -0.1) is 0 Å². The Hall–Kier alpha value is -3.59. The van der Waals surface area contributed by atoms with Crippen molar-refractivity contribution in [3.05, 3.63) is 71.9 Å². The lowest BCUT2D eigenvalue weighted by atomic mass is 10.0. The number of hydrogen-bond acceptors (Lipinski definition) is 5. The van der Waals surface area contributed by atoms with Gasteiger partial charge in [0.15, 0.2) is 0 Å². The summed E-state index contributed by atoms with van der Waals surface area (Å²) in [6, 6.07) is 16.1. The maximum atomic E-state index is 13.3. The van der Waals surface area contributed by atoms with Crippen LogP contribution in [0.15, 0.2) is 60.8 Å². The number of hydrogen-bond donors (Lipinski definition) is 3. The Morgan fingerprint density at radius 3 is 2.29 bits per heavy atom. The van der Waals surface area contributed by atoms with Gasteiger partial charge in [-0.2, -0.15) is 0 Å². The summed E-state index contributed by atoms with van der Waals surface area (Å²) in [5, 5.41) is 6.47. The van der Waals surface area contributed by atoms with E-state index in [1.54, 1.807) is 0 Å². The minimum Gasteiger partial charge on any atom is -0.459 e. The number of benzene rings is 2. The maximum Gasteiger partial charge on any atom is 0.407 e.